The zero-order valence-electron chi connectivity index (χ0n) is 14.8. The van der Waals surface area contributed by atoms with Gasteiger partial charge in [-0.15, -0.1) is 0 Å². The van der Waals surface area contributed by atoms with Crippen LogP contribution < -0.4 is 0 Å². The molecular weight excluding hydrogens is 345 g/mol. The summed E-state index contributed by atoms with van der Waals surface area (Å²) < 4.78 is 18.3. The van der Waals surface area contributed by atoms with Gasteiger partial charge in [-0.25, -0.2) is 9.18 Å². The van der Waals surface area contributed by atoms with Crippen molar-refractivity contribution >= 4 is 11.7 Å². The highest BCUT2D eigenvalue weighted by atomic mass is 19.1. The molecule has 5 heteroatoms. The van der Waals surface area contributed by atoms with Crippen LogP contribution in [-0.2, 0) is 4.84 Å². The molecule has 0 radical (unpaired) electrons. The number of carbonyl (C=O) groups excluding carboxylic acids is 1. The van der Waals surface area contributed by atoms with Crippen LogP contribution >= 0.6 is 0 Å². The second-order valence-electron chi connectivity index (χ2n) is 6.70. The highest BCUT2D eigenvalue weighted by Gasteiger charge is 2.43. The molecule has 0 saturated heterocycles. The van der Waals surface area contributed by atoms with E-state index >= 15 is 0 Å². The Morgan fingerprint density at radius 2 is 1.85 bits per heavy atom. The molecule has 4 nitrogen and oxygen atoms in total. The van der Waals surface area contributed by atoms with Crippen LogP contribution in [0, 0.1) is 18.7 Å². The molecule has 136 valence electrons. The number of benzene rings is 2. The summed E-state index contributed by atoms with van der Waals surface area (Å²) in [6, 6.07) is 17.6. The Labute approximate surface area is 156 Å². The van der Waals surface area contributed by atoms with E-state index in [0.717, 1.165) is 12.0 Å². The third-order valence-electron chi connectivity index (χ3n) is 4.74. The normalized spacial score (nSPS) is 19.0. The first-order chi connectivity index (χ1) is 13.1. The average Bonchev–Trinajstić information content (AvgIpc) is 3.25. The number of rotatable bonds is 5. The van der Waals surface area contributed by atoms with Crippen molar-refractivity contribution in [1.29, 1.82) is 0 Å². The molecule has 0 aliphatic heterocycles. The maximum atomic E-state index is 13.3. The van der Waals surface area contributed by atoms with Crippen LogP contribution in [0.1, 0.15) is 39.6 Å². The van der Waals surface area contributed by atoms with Gasteiger partial charge in [0, 0.05) is 5.92 Å². The first-order valence-corrected chi connectivity index (χ1v) is 8.77. The zero-order chi connectivity index (χ0) is 18.8. The summed E-state index contributed by atoms with van der Waals surface area (Å²) in [4.78, 5) is 17.1. The fraction of sp³-hybridized carbons (Fsp3) is 0.182. The number of carbonyl (C=O) groups is 1. The van der Waals surface area contributed by atoms with E-state index in [1.807, 2.05) is 6.92 Å². The van der Waals surface area contributed by atoms with Gasteiger partial charge in [0.25, 0.3) is 0 Å². The number of halogens is 1. The van der Waals surface area contributed by atoms with Gasteiger partial charge < -0.3 is 9.25 Å². The van der Waals surface area contributed by atoms with Gasteiger partial charge in [-0.05, 0) is 54.7 Å². The smallest absolute Gasteiger partial charge is 0.400 e. The van der Waals surface area contributed by atoms with Crippen molar-refractivity contribution in [3.63, 3.8) is 0 Å². The maximum absolute atomic E-state index is 13.3. The Kier molecular flexibility index (Phi) is 4.59. The Morgan fingerprint density at radius 1 is 1.11 bits per heavy atom. The van der Waals surface area contributed by atoms with Crippen LogP contribution in [0.3, 0.4) is 0 Å². The predicted octanol–water partition coefficient (Wildman–Crippen LogP) is 5.09. The molecule has 0 unspecified atom stereocenters. The summed E-state index contributed by atoms with van der Waals surface area (Å²) in [5, 5.41) is 4.12. The van der Waals surface area contributed by atoms with Crippen LogP contribution in [0.2, 0.25) is 0 Å². The van der Waals surface area contributed by atoms with Gasteiger partial charge in [0.1, 0.15) is 5.82 Å². The number of oxime groups is 1. The van der Waals surface area contributed by atoms with Crippen molar-refractivity contribution in [1.82, 2.24) is 0 Å². The third-order valence-corrected chi connectivity index (χ3v) is 4.74. The van der Waals surface area contributed by atoms with E-state index in [2.05, 4.69) is 29.4 Å². The van der Waals surface area contributed by atoms with Crippen LogP contribution in [0.5, 0.6) is 0 Å². The highest BCUT2D eigenvalue weighted by molar-refractivity contribution is 6.04. The van der Waals surface area contributed by atoms with Crippen molar-refractivity contribution in [3.05, 3.63) is 95.2 Å². The fourth-order valence-electron chi connectivity index (χ4n) is 3.16. The van der Waals surface area contributed by atoms with Crippen LogP contribution in [0.25, 0.3) is 0 Å². The molecule has 2 aromatic carbocycles. The SMILES string of the molecule is Cc1ccc([C@@H]2C[C@@H]2/C(=N\OC(=O)c2ccco2)c2ccc(F)cc2)cc1. The third kappa shape index (κ3) is 3.82. The van der Waals surface area contributed by atoms with E-state index in [0.29, 0.717) is 11.6 Å². The summed E-state index contributed by atoms with van der Waals surface area (Å²) in [7, 11) is 0. The Balaban J connectivity index is 1.59. The van der Waals surface area contributed by atoms with Gasteiger partial charge in [0.2, 0.25) is 5.76 Å². The van der Waals surface area contributed by atoms with Gasteiger partial charge in [0.15, 0.2) is 0 Å². The number of furan rings is 1. The van der Waals surface area contributed by atoms with Gasteiger partial charge in [-0.2, -0.15) is 0 Å². The summed E-state index contributed by atoms with van der Waals surface area (Å²) in [5.74, 6) is -0.480. The Morgan fingerprint density at radius 3 is 2.52 bits per heavy atom. The molecule has 2 atom stereocenters. The highest BCUT2D eigenvalue weighted by Crippen LogP contribution is 2.49. The fourth-order valence-corrected chi connectivity index (χ4v) is 3.16. The number of hydrogen-bond acceptors (Lipinski definition) is 4. The molecule has 3 aromatic rings. The summed E-state index contributed by atoms with van der Waals surface area (Å²) in [6.07, 6.45) is 2.30. The van der Waals surface area contributed by atoms with Crippen molar-refractivity contribution in [2.24, 2.45) is 11.1 Å². The van der Waals surface area contributed by atoms with E-state index in [1.54, 1.807) is 18.2 Å². The van der Waals surface area contributed by atoms with E-state index in [4.69, 9.17) is 9.25 Å². The lowest BCUT2D eigenvalue weighted by atomic mass is 10.0. The molecule has 1 heterocycles. The summed E-state index contributed by atoms with van der Waals surface area (Å²) in [6.45, 7) is 2.05. The van der Waals surface area contributed by atoms with Crippen molar-refractivity contribution < 1.29 is 18.4 Å². The molecule has 0 N–H and O–H groups in total. The molecule has 1 saturated carbocycles. The number of hydrogen-bond donors (Lipinski definition) is 0. The number of aryl methyl sites for hydroxylation is 1. The standard InChI is InChI=1S/C22H18FNO3/c1-14-4-6-15(7-5-14)18-13-19(18)21(16-8-10-17(23)11-9-16)24-27-22(25)20-3-2-12-26-20/h2-12,18-19H,13H2,1H3/b24-21-/t18-,19-/m0/s1. The topological polar surface area (TPSA) is 51.8 Å². The molecule has 1 aliphatic rings. The lowest BCUT2D eigenvalue weighted by Crippen LogP contribution is -2.09. The maximum Gasteiger partial charge on any atom is 0.400 e. The summed E-state index contributed by atoms with van der Waals surface area (Å²) in [5.41, 5.74) is 3.80. The van der Waals surface area contributed by atoms with Gasteiger partial charge in [0.05, 0.1) is 12.0 Å². The molecule has 0 spiro atoms. The lowest BCUT2D eigenvalue weighted by Gasteiger charge is -2.07. The molecule has 0 amide bonds. The minimum Gasteiger partial charge on any atom is -0.457 e. The minimum atomic E-state index is -0.660. The van der Waals surface area contributed by atoms with Crippen molar-refractivity contribution in [2.75, 3.05) is 0 Å². The largest absolute Gasteiger partial charge is 0.457 e. The molecular formula is C22H18FNO3. The van der Waals surface area contributed by atoms with E-state index < -0.39 is 5.97 Å². The predicted molar refractivity (Wildman–Crippen MR) is 99.1 cm³/mol. The Hall–Kier alpha value is -3.21. The zero-order valence-corrected chi connectivity index (χ0v) is 14.8. The second kappa shape index (κ2) is 7.19. The quantitative estimate of drug-likeness (QED) is 0.360. The van der Waals surface area contributed by atoms with Crippen LogP contribution in [-0.4, -0.2) is 11.7 Å². The minimum absolute atomic E-state index is 0.0862. The van der Waals surface area contributed by atoms with Crippen LogP contribution in [0.15, 0.2) is 76.5 Å². The van der Waals surface area contributed by atoms with E-state index in [1.165, 1.54) is 35.6 Å². The molecule has 1 fully saturated rings. The first-order valence-electron chi connectivity index (χ1n) is 8.77. The van der Waals surface area contributed by atoms with Gasteiger partial charge in [-0.3, -0.25) is 0 Å². The van der Waals surface area contributed by atoms with E-state index in [-0.39, 0.29) is 17.5 Å². The monoisotopic (exact) mass is 363 g/mol. The van der Waals surface area contributed by atoms with Crippen molar-refractivity contribution in [3.8, 4) is 0 Å². The van der Waals surface area contributed by atoms with Crippen molar-refractivity contribution in [2.45, 2.75) is 19.3 Å². The molecule has 1 aromatic heterocycles. The van der Waals surface area contributed by atoms with Gasteiger partial charge in [-0.1, -0.05) is 47.1 Å². The number of nitrogens with zero attached hydrogens (tertiary/aromatic N) is 1. The molecule has 0 bridgehead atoms. The molecule has 27 heavy (non-hydrogen) atoms. The van der Waals surface area contributed by atoms with Gasteiger partial charge >= 0.3 is 5.97 Å². The molecule has 1 aliphatic carbocycles. The Bertz CT molecular complexity index is 960. The first kappa shape index (κ1) is 17.2. The lowest BCUT2D eigenvalue weighted by molar-refractivity contribution is 0.0479. The second-order valence-corrected chi connectivity index (χ2v) is 6.70. The van der Waals surface area contributed by atoms with E-state index in [9.17, 15) is 9.18 Å². The van der Waals surface area contributed by atoms with Crippen LogP contribution in [0.4, 0.5) is 4.39 Å². The molecule has 4 rings (SSSR count). The average molecular weight is 363 g/mol. The summed E-state index contributed by atoms with van der Waals surface area (Å²) >= 11 is 0.